The number of ether oxygens (including phenoxy) is 2. The molecule has 0 aromatic heterocycles. The molecule has 1 saturated heterocycles. The van der Waals surface area contributed by atoms with Gasteiger partial charge in [0.05, 0.1) is 5.92 Å². The molecular weight excluding hydrogens is 268 g/mol. The molecule has 1 heterocycles. The molecular formula is C17H24O4. The van der Waals surface area contributed by atoms with Crippen molar-refractivity contribution in [1.29, 1.82) is 0 Å². The molecule has 0 N–H and O–H groups in total. The highest BCUT2D eigenvalue weighted by molar-refractivity contribution is 5.75. The normalized spacial score (nSPS) is 45.2. The highest BCUT2D eigenvalue weighted by atomic mass is 16.6. The SMILES string of the molecule is CC(=O)O[C@H]1CC=C(C)[C@@H]2[C@H]3OC(=O)[C@@H](C)[C@@H]3CC[C@@]12C. The van der Waals surface area contributed by atoms with Crippen LogP contribution in [0.15, 0.2) is 11.6 Å². The molecule has 0 spiro atoms. The summed E-state index contributed by atoms with van der Waals surface area (Å²) < 4.78 is 11.3. The monoisotopic (exact) mass is 292 g/mol. The fourth-order valence-electron chi connectivity index (χ4n) is 4.74. The van der Waals surface area contributed by atoms with E-state index < -0.39 is 0 Å². The molecule has 1 aliphatic heterocycles. The second-order valence-corrected chi connectivity index (χ2v) is 7.16. The third kappa shape index (κ3) is 2.11. The molecule has 0 amide bonds. The summed E-state index contributed by atoms with van der Waals surface area (Å²) in [5.41, 5.74) is 1.15. The van der Waals surface area contributed by atoms with Crippen molar-refractivity contribution >= 4 is 11.9 Å². The third-order valence-electron chi connectivity index (χ3n) is 5.93. The Balaban J connectivity index is 1.96. The van der Waals surface area contributed by atoms with Crippen LogP contribution in [0.1, 0.15) is 47.0 Å². The first-order valence-corrected chi connectivity index (χ1v) is 7.89. The van der Waals surface area contributed by atoms with Crippen LogP contribution < -0.4 is 0 Å². The van der Waals surface area contributed by atoms with E-state index in [0.29, 0.717) is 5.92 Å². The van der Waals surface area contributed by atoms with Crippen molar-refractivity contribution in [2.24, 2.45) is 23.2 Å². The number of carbonyl (C=O) groups is 2. The average Bonchev–Trinajstić information content (AvgIpc) is 2.68. The van der Waals surface area contributed by atoms with Crippen molar-refractivity contribution in [3.05, 3.63) is 11.6 Å². The quantitative estimate of drug-likeness (QED) is 0.551. The molecule has 116 valence electrons. The van der Waals surface area contributed by atoms with Gasteiger partial charge >= 0.3 is 11.9 Å². The van der Waals surface area contributed by atoms with Crippen LogP contribution in [0.3, 0.4) is 0 Å². The lowest BCUT2D eigenvalue weighted by atomic mass is 9.55. The first-order valence-electron chi connectivity index (χ1n) is 7.89. The van der Waals surface area contributed by atoms with E-state index in [1.54, 1.807) is 0 Å². The summed E-state index contributed by atoms with van der Waals surface area (Å²) in [6.07, 6.45) is 4.69. The van der Waals surface area contributed by atoms with Gasteiger partial charge in [-0.3, -0.25) is 9.59 Å². The predicted molar refractivity (Wildman–Crippen MR) is 77.3 cm³/mol. The van der Waals surface area contributed by atoms with Gasteiger partial charge in [-0.25, -0.2) is 0 Å². The van der Waals surface area contributed by atoms with Gasteiger partial charge in [-0.15, -0.1) is 0 Å². The molecule has 0 aromatic rings. The summed E-state index contributed by atoms with van der Waals surface area (Å²) in [7, 11) is 0. The van der Waals surface area contributed by atoms with Gasteiger partial charge in [0.15, 0.2) is 0 Å². The minimum atomic E-state index is -0.230. The smallest absolute Gasteiger partial charge is 0.309 e. The van der Waals surface area contributed by atoms with Gasteiger partial charge in [-0.05, 0) is 19.8 Å². The van der Waals surface area contributed by atoms with Gasteiger partial charge in [0, 0.05) is 30.6 Å². The maximum absolute atomic E-state index is 12.0. The zero-order valence-corrected chi connectivity index (χ0v) is 13.2. The van der Waals surface area contributed by atoms with Gasteiger partial charge in [0.25, 0.3) is 0 Å². The lowest BCUT2D eigenvalue weighted by molar-refractivity contribution is -0.167. The van der Waals surface area contributed by atoms with Gasteiger partial charge in [0.1, 0.15) is 12.2 Å². The van der Waals surface area contributed by atoms with Crippen molar-refractivity contribution < 1.29 is 19.1 Å². The Bertz CT molecular complexity index is 509. The molecule has 0 unspecified atom stereocenters. The van der Waals surface area contributed by atoms with Crippen molar-refractivity contribution in [3.63, 3.8) is 0 Å². The van der Waals surface area contributed by atoms with Crippen LogP contribution in [0.5, 0.6) is 0 Å². The highest BCUT2D eigenvalue weighted by Crippen LogP contribution is 2.57. The van der Waals surface area contributed by atoms with Crippen LogP contribution in [-0.2, 0) is 19.1 Å². The second kappa shape index (κ2) is 4.85. The van der Waals surface area contributed by atoms with Gasteiger partial charge < -0.3 is 9.47 Å². The molecule has 6 atom stereocenters. The molecule has 2 fully saturated rings. The van der Waals surface area contributed by atoms with Crippen LogP contribution in [0.4, 0.5) is 0 Å². The first kappa shape index (κ1) is 14.6. The highest BCUT2D eigenvalue weighted by Gasteiger charge is 2.59. The minimum absolute atomic E-state index is 0.0125. The molecule has 0 aromatic carbocycles. The Kier molecular flexibility index (Phi) is 3.38. The Hall–Kier alpha value is -1.32. The fraction of sp³-hybridized carbons (Fsp3) is 0.765. The van der Waals surface area contributed by atoms with E-state index in [9.17, 15) is 9.59 Å². The zero-order chi connectivity index (χ0) is 15.4. The third-order valence-corrected chi connectivity index (χ3v) is 5.93. The lowest BCUT2D eigenvalue weighted by Gasteiger charge is -2.52. The van der Waals surface area contributed by atoms with Crippen LogP contribution in [0.2, 0.25) is 0 Å². The van der Waals surface area contributed by atoms with Crippen molar-refractivity contribution in [2.45, 2.75) is 59.2 Å². The molecule has 4 nitrogen and oxygen atoms in total. The summed E-state index contributed by atoms with van der Waals surface area (Å²) in [6, 6.07) is 0. The topological polar surface area (TPSA) is 52.6 Å². The molecule has 2 aliphatic carbocycles. The summed E-state index contributed by atoms with van der Waals surface area (Å²) in [4.78, 5) is 23.4. The molecule has 0 radical (unpaired) electrons. The predicted octanol–water partition coefficient (Wildman–Crippen LogP) is 2.86. The van der Waals surface area contributed by atoms with E-state index in [0.717, 1.165) is 19.3 Å². The molecule has 0 bridgehead atoms. The molecule has 21 heavy (non-hydrogen) atoms. The van der Waals surface area contributed by atoms with Gasteiger partial charge in [-0.2, -0.15) is 0 Å². The number of hydrogen-bond acceptors (Lipinski definition) is 4. The number of esters is 2. The summed E-state index contributed by atoms with van der Waals surface area (Å²) in [5, 5.41) is 0. The first-order chi connectivity index (χ1) is 9.84. The van der Waals surface area contributed by atoms with E-state index in [1.807, 2.05) is 6.92 Å². The van der Waals surface area contributed by atoms with Gasteiger partial charge in [0.2, 0.25) is 0 Å². The second-order valence-electron chi connectivity index (χ2n) is 7.16. The molecule has 1 saturated carbocycles. The number of fused-ring (bicyclic) bond motifs is 3. The summed E-state index contributed by atoms with van der Waals surface area (Å²) in [5.74, 6) is 0.156. The summed E-state index contributed by atoms with van der Waals surface area (Å²) in [6.45, 7) is 7.74. The van der Waals surface area contributed by atoms with Crippen LogP contribution in [0.25, 0.3) is 0 Å². The van der Waals surface area contributed by atoms with E-state index in [-0.39, 0.29) is 41.4 Å². The van der Waals surface area contributed by atoms with E-state index in [2.05, 4.69) is 19.9 Å². The lowest BCUT2D eigenvalue weighted by Crippen LogP contribution is -2.53. The average molecular weight is 292 g/mol. The molecule has 3 rings (SSSR count). The van der Waals surface area contributed by atoms with Gasteiger partial charge in [-0.1, -0.05) is 25.5 Å². The van der Waals surface area contributed by atoms with Crippen LogP contribution >= 0.6 is 0 Å². The Morgan fingerprint density at radius 2 is 2.19 bits per heavy atom. The van der Waals surface area contributed by atoms with Crippen LogP contribution in [0, 0.1) is 23.2 Å². The Morgan fingerprint density at radius 1 is 1.48 bits per heavy atom. The maximum atomic E-state index is 12.0. The van der Waals surface area contributed by atoms with Crippen molar-refractivity contribution in [1.82, 2.24) is 0 Å². The van der Waals surface area contributed by atoms with E-state index in [4.69, 9.17) is 9.47 Å². The Labute approximate surface area is 125 Å². The Morgan fingerprint density at radius 3 is 2.86 bits per heavy atom. The van der Waals surface area contributed by atoms with Crippen LogP contribution in [-0.4, -0.2) is 24.1 Å². The summed E-state index contributed by atoms with van der Waals surface area (Å²) >= 11 is 0. The van der Waals surface area contributed by atoms with E-state index in [1.165, 1.54) is 12.5 Å². The van der Waals surface area contributed by atoms with E-state index >= 15 is 0 Å². The maximum Gasteiger partial charge on any atom is 0.309 e. The fourth-order valence-corrected chi connectivity index (χ4v) is 4.74. The standard InChI is InChI=1S/C17H24O4/c1-9-5-6-13(20-11(3)18)17(4)8-7-12-10(2)16(19)21-15(12)14(9)17/h5,10,12-15H,6-8H2,1-4H3/t10-,12-,13-,14+,15-,17-/m0/s1. The number of carbonyl (C=O) groups excluding carboxylic acids is 2. The molecule has 3 aliphatic rings. The number of rotatable bonds is 1. The zero-order valence-electron chi connectivity index (χ0n) is 13.2. The minimum Gasteiger partial charge on any atom is -0.462 e. The van der Waals surface area contributed by atoms with Crippen molar-refractivity contribution in [2.75, 3.05) is 0 Å². The van der Waals surface area contributed by atoms with Crippen molar-refractivity contribution in [3.8, 4) is 0 Å². The molecule has 4 heteroatoms. The largest absolute Gasteiger partial charge is 0.462 e. The number of hydrogen-bond donors (Lipinski definition) is 0.